The minimum absolute atomic E-state index is 0.116. The van der Waals surface area contributed by atoms with Gasteiger partial charge in [-0.05, 0) is 19.8 Å². The molecule has 0 aliphatic rings. The van der Waals surface area contributed by atoms with Crippen LogP contribution in [0.15, 0.2) is 24.3 Å². The summed E-state index contributed by atoms with van der Waals surface area (Å²) < 4.78 is 4.80. The fourth-order valence-electron chi connectivity index (χ4n) is 0.951. The molecule has 0 atom stereocenters. The van der Waals surface area contributed by atoms with Crippen LogP contribution in [0.2, 0.25) is 0 Å². The Hall–Kier alpha value is -1.05. The van der Waals surface area contributed by atoms with Crippen LogP contribution in [-0.2, 0) is 9.53 Å². The van der Waals surface area contributed by atoms with E-state index in [1.165, 1.54) is 6.42 Å². The molecule has 0 saturated heterocycles. The Morgan fingerprint density at radius 1 is 1.14 bits per heavy atom. The maximum atomic E-state index is 10.9. The highest BCUT2D eigenvalue weighted by Gasteiger charge is 1.96. The first kappa shape index (κ1) is 12.9. The predicted molar refractivity (Wildman–Crippen MR) is 59.1 cm³/mol. The lowest BCUT2D eigenvalue weighted by Gasteiger charge is -1.97. The van der Waals surface area contributed by atoms with Crippen molar-refractivity contribution < 1.29 is 9.53 Å². The van der Waals surface area contributed by atoms with Crippen molar-refractivity contribution in [3.05, 3.63) is 24.3 Å². The van der Waals surface area contributed by atoms with Gasteiger partial charge in [0, 0.05) is 6.42 Å². The van der Waals surface area contributed by atoms with Crippen molar-refractivity contribution in [1.82, 2.24) is 0 Å². The number of ether oxygens (including phenoxy) is 1. The highest BCUT2D eigenvalue weighted by Crippen LogP contribution is 1.95. The summed E-state index contributed by atoms with van der Waals surface area (Å²) in [4.78, 5) is 10.9. The number of rotatable bonds is 7. The zero-order valence-corrected chi connectivity index (χ0v) is 9.16. The van der Waals surface area contributed by atoms with E-state index in [0.717, 1.165) is 12.8 Å². The molecule has 2 nitrogen and oxygen atoms in total. The molecule has 0 amide bonds. The van der Waals surface area contributed by atoms with Crippen LogP contribution >= 0.6 is 0 Å². The summed E-state index contributed by atoms with van der Waals surface area (Å²) >= 11 is 0. The third-order valence-corrected chi connectivity index (χ3v) is 1.66. The lowest BCUT2D eigenvalue weighted by Crippen LogP contribution is -2.02. The van der Waals surface area contributed by atoms with Crippen LogP contribution in [0, 0.1) is 0 Å². The van der Waals surface area contributed by atoms with Crippen molar-refractivity contribution in [2.45, 2.75) is 39.5 Å². The summed E-state index contributed by atoms with van der Waals surface area (Å²) in [5.74, 6) is -0.116. The van der Waals surface area contributed by atoms with Gasteiger partial charge in [-0.2, -0.15) is 0 Å². The molecule has 0 N–H and O–H groups in total. The summed E-state index contributed by atoms with van der Waals surface area (Å²) in [6.07, 6.45) is 11.6. The summed E-state index contributed by atoms with van der Waals surface area (Å²) in [7, 11) is 0. The summed E-state index contributed by atoms with van der Waals surface area (Å²) in [6, 6.07) is 0. The number of carbonyl (C=O) groups excluding carboxylic acids is 1. The molecular formula is C12H20O2. The van der Waals surface area contributed by atoms with Crippen LogP contribution in [0.1, 0.15) is 39.5 Å². The van der Waals surface area contributed by atoms with Gasteiger partial charge < -0.3 is 4.74 Å². The Kier molecular flexibility index (Phi) is 9.28. The van der Waals surface area contributed by atoms with Gasteiger partial charge in [0.2, 0.25) is 0 Å². The van der Waals surface area contributed by atoms with Gasteiger partial charge in [-0.15, -0.1) is 0 Å². The quantitative estimate of drug-likeness (QED) is 0.461. The molecule has 0 aliphatic heterocycles. The van der Waals surface area contributed by atoms with Gasteiger partial charge in [0.25, 0.3) is 0 Å². The second kappa shape index (κ2) is 10.0. The SMILES string of the molecule is CCC/C=C/C=C/CCC(=O)OCC. The molecule has 0 aromatic heterocycles. The Labute approximate surface area is 86.6 Å². The lowest BCUT2D eigenvalue weighted by molar-refractivity contribution is -0.142. The maximum absolute atomic E-state index is 10.9. The summed E-state index contributed by atoms with van der Waals surface area (Å²) in [6.45, 7) is 4.44. The molecule has 0 aromatic carbocycles. The highest BCUT2D eigenvalue weighted by molar-refractivity contribution is 5.69. The molecule has 0 unspecified atom stereocenters. The fourth-order valence-corrected chi connectivity index (χ4v) is 0.951. The van der Waals surface area contributed by atoms with Crippen molar-refractivity contribution in [2.75, 3.05) is 6.61 Å². The van der Waals surface area contributed by atoms with Crippen LogP contribution in [0.25, 0.3) is 0 Å². The number of hydrogen-bond donors (Lipinski definition) is 0. The van der Waals surface area contributed by atoms with Gasteiger partial charge in [-0.25, -0.2) is 0 Å². The molecular weight excluding hydrogens is 176 g/mol. The molecule has 0 fully saturated rings. The third kappa shape index (κ3) is 9.04. The van der Waals surface area contributed by atoms with Gasteiger partial charge in [0.05, 0.1) is 6.61 Å². The molecule has 0 aromatic rings. The molecule has 0 aliphatic carbocycles. The Balaban J connectivity index is 3.39. The minimum atomic E-state index is -0.116. The van der Waals surface area contributed by atoms with E-state index >= 15 is 0 Å². The van der Waals surface area contributed by atoms with Crippen molar-refractivity contribution in [2.24, 2.45) is 0 Å². The first-order valence-electron chi connectivity index (χ1n) is 5.28. The lowest BCUT2D eigenvalue weighted by atomic mass is 10.2. The van der Waals surface area contributed by atoms with E-state index in [0.29, 0.717) is 13.0 Å². The molecule has 0 saturated carbocycles. The maximum Gasteiger partial charge on any atom is 0.306 e. The molecule has 0 bridgehead atoms. The highest BCUT2D eigenvalue weighted by atomic mass is 16.5. The molecule has 0 radical (unpaired) electrons. The average Bonchev–Trinajstić information content (AvgIpc) is 2.17. The van der Waals surface area contributed by atoms with Gasteiger partial charge >= 0.3 is 5.97 Å². The standard InChI is InChI=1S/C12H20O2/c1-3-5-6-7-8-9-10-11-12(13)14-4-2/h6-9H,3-5,10-11H2,1-2H3/b7-6+,9-8+. The van der Waals surface area contributed by atoms with E-state index in [-0.39, 0.29) is 5.97 Å². The first-order valence-corrected chi connectivity index (χ1v) is 5.28. The number of unbranched alkanes of at least 4 members (excludes halogenated alkanes) is 1. The van der Waals surface area contributed by atoms with E-state index in [9.17, 15) is 4.79 Å². The van der Waals surface area contributed by atoms with E-state index in [1.54, 1.807) is 0 Å². The van der Waals surface area contributed by atoms with E-state index in [2.05, 4.69) is 13.0 Å². The topological polar surface area (TPSA) is 26.3 Å². The smallest absolute Gasteiger partial charge is 0.306 e. The fraction of sp³-hybridized carbons (Fsp3) is 0.583. The number of allylic oxidation sites excluding steroid dienone is 4. The molecule has 0 rings (SSSR count). The van der Waals surface area contributed by atoms with Gasteiger partial charge in [0.1, 0.15) is 0 Å². The molecule has 0 heterocycles. The van der Waals surface area contributed by atoms with Crippen molar-refractivity contribution in [3.63, 3.8) is 0 Å². The van der Waals surface area contributed by atoms with Crippen LogP contribution < -0.4 is 0 Å². The molecule has 14 heavy (non-hydrogen) atoms. The van der Waals surface area contributed by atoms with E-state index in [4.69, 9.17) is 4.74 Å². The van der Waals surface area contributed by atoms with Crippen molar-refractivity contribution in [3.8, 4) is 0 Å². The van der Waals surface area contributed by atoms with Gasteiger partial charge in [0.15, 0.2) is 0 Å². The molecule has 2 heteroatoms. The zero-order valence-electron chi connectivity index (χ0n) is 9.16. The zero-order chi connectivity index (χ0) is 10.6. The van der Waals surface area contributed by atoms with Gasteiger partial charge in [-0.3, -0.25) is 4.79 Å². The third-order valence-electron chi connectivity index (χ3n) is 1.66. The van der Waals surface area contributed by atoms with E-state index < -0.39 is 0 Å². The summed E-state index contributed by atoms with van der Waals surface area (Å²) in [5.41, 5.74) is 0. The second-order valence-corrected chi connectivity index (χ2v) is 2.99. The van der Waals surface area contributed by atoms with E-state index in [1.807, 2.05) is 25.2 Å². The Morgan fingerprint density at radius 2 is 1.79 bits per heavy atom. The van der Waals surface area contributed by atoms with Crippen LogP contribution in [0.5, 0.6) is 0 Å². The monoisotopic (exact) mass is 196 g/mol. The second-order valence-electron chi connectivity index (χ2n) is 2.99. The number of carbonyl (C=O) groups is 1. The van der Waals surface area contributed by atoms with Crippen molar-refractivity contribution >= 4 is 5.97 Å². The van der Waals surface area contributed by atoms with Crippen LogP contribution in [0.4, 0.5) is 0 Å². The Morgan fingerprint density at radius 3 is 2.36 bits per heavy atom. The number of esters is 1. The van der Waals surface area contributed by atoms with Crippen molar-refractivity contribution in [1.29, 1.82) is 0 Å². The van der Waals surface area contributed by atoms with Crippen LogP contribution in [0.3, 0.4) is 0 Å². The normalized spacial score (nSPS) is 11.3. The minimum Gasteiger partial charge on any atom is -0.466 e. The Bertz CT molecular complexity index is 192. The number of hydrogen-bond acceptors (Lipinski definition) is 2. The first-order chi connectivity index (χ1) is 6.81. The average molecular weight is 196 g/mol. The predicted octanol–water partition coefficient (Wildman–Crippen LogP) is 3.24. The molecule has 80 valence electrons. The summed E-state index contributed by atoms with van der Waals surface area (Å²) in [5, 5.41) is 0. The largest absolute Gasteiger partial charge is 0.466 e. The van der Waals surface area contributed by atoms with Gasteiger partial charge in [-0.1, -0.05) is 37.6 Å². The molecule has 0 spiro atoms. The van der Waals surface area contributed by atoms with Crippen LogP contribution in [-0.4, -0.2) is 12.6 Å².